The highest BCUT2D eigenvalue weighted by Gasteiger charge is 2.07. The maximum atomic E-state index is 10.9. The van der Waals surface area contributed by atoms with Crippen molar-refractivity contribution in [1.29, 1.82) is 0 Å². The smallest absolute Gasteiger partial charge is 0.221 e. The van der Waals surface area contributed by atoms with Crippen LogP contribution in [0, 0.1) is 0 Å². The fourth-order valence-electron chi connectivity index (χ4n) is 1.48. The number of hydrogen-bond acceptors (Lipinski definition) is 2. The van der Waals surface area contributed by atoms with Crippen molar-refractivity contribution in [3.63, 3.8) is 0 Å². The molecule has 0 heterocycles. The summed E-state index contributed by atoms with van der Waals surface area (Å²) in [7, 11) is 1.67. The molecule has 1 atom stereocenters. The van der Waals surface area contributed by atoms with E-state index in [1.54, 1.807) is 7.05 Å². The molecule has 0 aromatic heterocycles. The van der Waals surface area contributed by atoms with Crippen LogP contribution in [0.3, 0.4) is 0 Å². The summed E-state index contributed by atoms with van der Waals surface area (Å²) in [4.78, 5) is 10.9. The number of nitrogens with one attached hydrogen (secondary N) is 2. The van der Waals surface area contributed by atoms with Gasteiger partial charge in [-0.3, -0.25) is 4.79 Å². The van der Waals surface area contributed by atoms with Crippen LogP contribution in [-0.4, -0.2) is 25.5 Å². The maximum absolute atomic E-state index is 10.9. The van der Waals surface area contributed by atoms with Gasteiger partial charge in [0.2, 0.25) is 5.91 Å². The zero-order valence-electron chi connectivity index (χ0n) is 8.18. The Morgan fingerprint density at radius 2 is 2.46 bits per heavy atom. The lowest BCUT2D eigenvalue weighted by molar-refractivity contribution is -0.120. The zero-order valence-corrected chi connectivity index (χ0v) is 8.18. The Bertz CT molecular complexity index is 189. The van der Waals surface area contributed by atoms with E-state index in [2.05, 4.69) is 22.8 Å². The number of rotatable bonds is 4. The fourth-order valence-corrected chi connectivity index (χ4v) is 1.48. The molecule has 1 aliphatic rings. The van der Waals surface area contributed by atoms with Crippen molar-refractivity contribution in [2.24, 2.45) is 0 Å². The molecule has 0 saturated carbocycles. The average molecular weight is 182 g/mol. The van der Waals surface area contributed by atoms with E-state index in [9.17, 15) is 4.79 Å². The van der Waals surface area contributed by atoms with Crippen LogP contribution in [0.4, 0.5) is 0 Å². The minimum atomic E-state index is 0.104. The molecule has 0 aliphatic heterocycles. The molecule has 0 aromatic rings. The first-order chi connectivity index (χ1) is 6.33. The number of carbonyl (C=O) groups is 1. The van der Waals surface area contributed by atoms with Gasteiger partial charge in [-0.2, -0.15) is 0 Å². The fraction of sp³-hybridized carbons (Fsp3) is 0.700. The lowest BCUT2D eigenvalue weighted by Gasteiger charge is -2.17. The molecule has 3 heteroatoms. The van der Waals surface area contributed by atoms with Gasteiger partial charge in [-0.05, 0) is 19.3 Å². The van der Waals surface area contributed by atoms with Crippen LogP contribution in [0.2, 0.25) is 0 Å². The van der Waals surface area contributed by atoms with Crippen LogP contribution < -0.4 is 10.6 Å². The van der Waals surface area contributed by atoms with E-state index >= 15 is 0 Å². The van der Waals surface area contributed by atoms with Crippen molar-refractivity contribution >= 4 is 5.91 Å². The molecule has 1 aliphatic carbocycles. The molecule has 1 amide bonds. The van der Waals surface area contributed by atoms with Gasteiger partial charge in [0, 0.05) is 26.1 Å². The van der Waals surface area contributed by atoms with Gasteiger partial charge in [0.1, 0.15) is 0 Å². The molecule has 0 spiro atoms. The van der Waals surface area contributed by atoms with E-state index in [0.717, 1.165) is 6.54 Å². The summed E-state index contributed by atoms with van der Waals surface area (Å²) in [6.07, 6.45) is 8.64. The molecule has 13 heavy (non-hydrogen) atoms. The van der Waals surface area contributed by atoms with E-state index in [-0.39, 0.29) is 5.91 Å². The Morgan fingerprint density at radius 1 is 1.62 bits per heavy atom. The second-order valence-electron chi connectivity index (χ2n) is 3.34. The van der Waals surface area contributed by atoms with E-state index in [1.165, 1.54) is 19.3 Å². The summed E-state index contributed by atoms with van der Waals surface area (Å²) < 4.78 is 0. The third-order valence-electron chi connectivity index (χ3n) is 2.29. The monoisotopic (exact) mass is 182 g/mol. The quantitative estimate of drug-likeness (QED) is 0.632. The molecule has 1 unspecified atom stereocenters. The Morgan fingerprint density at radius 3 is 3.08 bits per heavy atom. The second-order valence-corrected chi connectivity index (χ2v) is 3.34. The van der Waals surface area contributed by atoms with Crippen molar-refractivity contribution < 1.29 is 4.79 Å². The summed E-state index contributed by atoms with van der Waals surface area (Å²) in [6.45, 7) is 0.772. The first kappa shape index (κ1) is 10.3. The highest BCUT2D eigenvalue weighted by molar-refractivity contribution is 5.75. The van der Waals surface area contributed by atoms with Crippen LogP contribution in [0.5, 0.6) is 0 Å². The Kier molecular flexibility index (Phi) is 4.54. The lowest BCUT2D eigenvalue weighted by Crippen LogP contribution is -2.32. The van der Waals surface area contributed by atoms with Crippen molar-refractivity contribution in [3.05, 3.63) is 12.2 Å². The van der Waals surface area contributed by atoms with Crippen LogP contribution >= 0.6 is 0 Å². The van der Waals surface area contributed by atoms with Crippen molar-refractivity contribution in [1.82, 2.24) is 10.6 Å². The van der Waals surface area contributed by atoms with Gasteiger partial charge in [0.15, 0.2) is 0 Å². The Labute approximate surface area is 79.6 Å². The molecular formula is C10H18N2O. The van der Waals surface area contributed by atoms with Gasteiger partial charge in [-0.15, -0.1) is 0 Å². The van der Waals surface area contributed by atoms with Crippen molar-refractivity contribution in [2.45, 2.75) is 31.7 Å². The van der Waals surface area contributed by atoms with Crippen molar-refractivity contribution in [2.75, 3.05) is 13.6 Å². The summed E-state index contributed by atoms with van der Waals surface area (Å²) in [5.41, 5.74) is 0. The standard InChI is InChI=1S/C10H18N2O/c1-11-10(13)7-8-12-9-5-3-2-4-6-9/h3,5,9,12H,2,4,6-8H2,1H3,(H,11,13). The summed E-state index contributed by atoms with van der Waals surface area (Å²) >= 11 is 0. The van der Waals surface area contributed by atoms with Gasteiger partial charge in [-0.1, -0.05) is 12.2 Å². The Hall–Kier alpha value is -0.830. The third kappa shape index (κ3) is 4.08. The SMILES string of the molecule is CNC(=O)CCNC1C=CCCC1. The minimum Gasteiger partial charge on any atom is -0.359 e. The third-order valence-corrected chi connectivity index (χ3v) is 2.29. The average Bonchev–Trinajstić information content (AvgIpc) is 2.19. The van der Waals surface area contributed by atoms with E-state index in [1.807, 2.05) is 0 Å². The Balaban J connectivity index is 2.08. The minimum absolute atomic E-state index is 0.104. The molecule has 74 valence electrons. The van der Waals surface area contributed by atoms with Gasteiger partial charge in [0.05, 0.1) is 0 Å². The number of carbonyl (C=O) groups excluding carboxylic acids is 1. The molecule has 0 bridgehead atoms. The second kappa shape index (κ2) is 5.75. The molecule has 2 N–H and O–H groups in total. The molecular weight excluding hydrogens is 164 g/mol. The molecule has 0 radical (unpaired) electrons. The van der Waals surface area contributed by atoms with Gasteiger partial charge in [0.25, 0.3) is 0 Å². The maximum Gasteiger partial charge on any atom is 0.221 e. The van der Waals surface area contributed by atoms with Crippen LogP contribution in [0.1, 0.15) is 25.7 Å². The first-order valence-corrected chi connectivity index (χ1v) is 4.93. The molecule has 3 nitrogen and oxygen atoms in total. The number of amides is 1. The normalized spacial score (nSPS) is 21.5. The molecule has 0 aromatic carbocycles. The lowest BCUT2D eigenvalue weighted by atomic mass is 10.0. The van der Waals surface area contributed by atoms with Crippen molar-refractivity contribution in [3.8, 4) is 0 Å². The van der Waals surface area contributed by atoms with Crippen LogP contribution in [-0.2, 0) is 4.79 Å². The molecule has 0 fully saturated rings. The summed E-state index contributed by atoms with van der Waals surface area (Å²) in [6, 6.07) is 0.485. The number of hydrogen-bond donors (Lipinski definition) is 2. The predicted octanol–water partition coefficient (Wildman–Crippen LogP) is 0.821. The highest BCUT2D eigenvalue weighted by atomic mass is 16.1. The van der Waals surface area contributed by atoms with E-state index < -0.39 is 0 Å². The highest BCUT2D eigenvalue weighted by Crippen LogP contribution is 2.09. The molecule has 1 rings (SSSR count). The van der Waals surface area contributed by atoms with E-state index in [4.69, 9.17) is 0 Å². The van der Waals surface area contributed by atoms with Gasteiger partial charge < -0.3 is 10.6 Å². The zero-order chi connectivity index (χ0) is 9.52. The van der Waals surface area contributed by atoms with Crippen LogP contribution in [0.15, 0.2) is 12.2 Å². The van der Waals surface area contributed by atoms with Gasteiger partial charge in [-0.25, -0.2) is 0 Å². The summed E-state index contributed by atoms with van der Waals surface area (Å²) in [5, 5.41) is 5.94. The topological polar surface area (TPSA) is 41.1 Å². The summed E-state index contributed by atoms with van der Waals surface area (Å²) in [5.74, 6) is 0.104. The van der Waals surface area contributed by atoms with Gasteiger partial charge >= 0.3 is 0 Å². The van der Waals surface area contributed by atoms with E-state index in [0.29, 0.717) is 12.5 Å². The van der Waals surface area contributed by atoms with Crippen LogP contribution in [0.25, 0.3) is 0 Å². The molecule has 0 saturated heterocycles. The predicted molar refractivity (Wildman–Crippen MR) is 53.5 cm³/mol. The largest absolute Gasteiger partial charge is 0.359 e. The first-order valence-electron chi connectivity index (χ1n) is 4.93. The number of allylic oxidation sites excluding steroid dienone is 1.